The molecular weight excluding hydrogens is 198 g/mol. The number of carbonyl (C=O) groups is 1. The Kier molecular flexibility index (Phi) is 5.86. The number of amides is 1. The van der Waals surface area contributed by atoms with E-state index in [-0.39, 0.29) is 5.91 Å². The van der Waals surface area contributed by atoms with E-state index in [1.165, 1.54) is 38.5 Å². The lowest BCUT2D eigenvalue weighted by molar-refractivity contribution is -0.123. The Bertz CT molecular complexity index is 211. The molecule has 1 aliphatic rings. The van der Waals surface area contributed by atoms with Gasteiger partial charge in [-0.15, -0.1) is 0 Å². The highest BCUT2D eigenvalue weighted by Gasteiger charge is 2.25. The molecule has 0 saturated heterocycles. The van der Waals surface area contributed by atoms with Gasteiger partial charge in [-0.3, -0.25) is 4.79 Å². The van der Waals surface area contributed by atoms with Gasteiger partial charge < -0.3 is 5.32 Å². The first kappa shape index (κ1) is 13.5. The summed E-state index contributed by atoms with van der Waals surface area (Å²) in [6, 6.07) is 0.458. The van der Waals surface area contributed by atoms with Crippen LogP contribution < -0.4 is 5.32 Å². The van der Waals surface area contributed by atoms with Crippen LogP contribution >= 0.6 is 0 Å². The number of rotatable bonds is 5. The van der Waals surface area contributed by atoms with Crippen molar-refractivity contribution in [3.05, 3.63) is 0 Å². The Hall–Kier alpha value is -0.530. The van der Waals surface area contributed by atoms with E-state index in [9.17, 15) is 4.79 Å². The van der Waals surface area contributed by atoms with Crippen molar-refractivity contribution in [2.45, 2.75) is 71.8 Å². The molecule has 0 spiro atoms. The summed E-state index contributed by atoms with van der Waals surface area (Å²) < 4.78 is 0. The van der Waals surface area contributed by atoms with Gasteiger partial charge in [0.2, 0.25) is 5.91 Å². The number of hydrogen-bond acceptors (Lipinski definition) is 1. The molecule has 1 N–H and O–H groups in total. The fourth-order valence-corrected chi connectivity index (χ4v) is 2.75. The van der Waals surface area contributed by atoms with Crippen molar-refractivity contribution < 1.29 is 4.79 Å². The SMILES string of the molecule is CCCC1CCCCC1NC(=O)CC(C)C. The van der Waals surface area contributed by atoms with E-state index >= 15 is 0 Å². The lowest BCUT2D eigenvalue weighted by Crippen LogP contribution is -2.42. The molecule has 0 bridgehead atoms. The molecule has 1 fully saturated rings. The van der Waals surface area contributed by atoms with E-state index in [0.29, 0.717) is 18.4 Å². The van der Waals surface area contributed by atoms with Crippen LogP contribution in [0, 0.1) is 11.8 Å². The van der Waals surface area contributed by atoms with E-state index in [1.54, 1.807) is 0 Å². The first-order valence-corrected chi connectivity index (χ1v) is 6.92. The fraction of sp³-hybridized carbons (Fsp3) is 0.929. The number of hydrogen-bond donors (Lipinski definition) is 1. The molecule has 1 rings (SSSR count). The van der Waals surface area contributed by atoms with Crippen molar-refractivity contribution in [1.82, 2.24) is 5.32 Å². The molecule has 1 aliphatic carbocycles. The minimum absolute atomic E-state index is 0.253. The Labute approximate surface area is 100 Å². The number of nitrogens with one attached hydrogen (secondary N) is 1. The highest BCUT2D eigenvalue weighted by atomic mass is 16.1. The molecule has 2 nitrogen and oxygen atoms in total. The predicted octanol–water partition coefficient (Wildman–Crippen LogP) is 3.51. The van der Waals surface area contributed by atoms with Crippen LogP contribution in [0.3, 0.4) is 0 Å². The molecule has 0 aliphatic heterocycles. The molecule has 2 heteroatoms. The smallest absolute Gasteiger partial charge is 0.220 e. The maximum atomic E-state index is 11.8. The monoisotopic (exact) mass is 225 g/mol. The second-order valence-corrected chi connectivity index (χ2v) is 5.61. The van der Waals surface area contributed by atoms with E-state index in [2.05, 4.69) is 26.1 Å². The van der Waals surface area contributed by atoms with Gasteiger partial charge in [-0.2, -0.15) is 0 Å². The van der Waals surface area contributed by atoms with Gasteiger partial charge in [0.15, 0.2) is 0 Å². The van der Waals surface area contributed by atoms with Crippen molar-refractivity contribution in [3.63, 3.8) is 0 Å². The first-order valence-electron chi connectivity index (χ1n) is 6.92. The van der Waals surface area contributed by atoms with Crippen LogP contribution in [0.25, 0.3) is 0 Å². The zero-order chi connectivity index (χ0) is 12.0. The highest BCUT2D eigenvalue weighted by Crippen LogP contribution is 2.28. The normalized spacial score (nSPS) is 25.8. The largest absolute Gasteiger partial charge is 0.353 e. The lowest BCUT2D eigenvalue weighted by atomic mass is 9.81. The molecule has 1 saturated carbocycles. The zero-order valence-corrected chi connectivity index (χ0v) is 11.1. The van der Waals surface area contributed by atoms with Gasteiger partial charge in [-0.25, -0.2) is 0 Å². The summed E-state index contributed by atoms with van der Waals surface area (Å²) in [7, 11) is 0. The molecular formula is C14H27NO. The van der Waals surface area contributed by atoms with Gasteiger partial charge in [0.05, 0.1) is 0 Å². The van der Waals surface area contributed by atoms with Gasteiger partial charge in [0, 0.05) is 12.5 Å². The molecule has 2 atom stereocenters. The van der Waals surface area contributed by atoms with Crippen molar-refractivity contribution in [3.8, 4) is 0 Å². The molecule has 2 unspecified atom stereocenters. The van der Waals surface area contributed by atoms with Gasteiger partial charge in [-0.1, -0.05) is 40.0 Å². The second kappa shape index (κ2) is 6.93. The van der Waals surface area contributed by atoms with Crippen LogP contribution in [0.5, 0.6) is 0 Å². The van der Waals surface area contributed by atoms with Crippen LogP contribution in [0.15, 0.2) is 0 Å². The van der Waals surface area contributed by atoms with E-state index < -0.39 is 0 Å². The molecule has 16 heavy (non-hydrogen) atoms. The summed E-state index contributed by atoms with van der Waals surface area (Å²) in [6.45, 7) is 6.44. The van der Waals surface area contributed by atoms with Crippen molar-refractivity contribution in [2.24, 2.45) is 11.8 Å². The summed E-state index contributed by atoms with van der Waals surface area (Å²) in [5.41, 5.74) is 0. The Morgan fingerprint density at radius 1 is 1.31 bits per heavy atom. The summed E-state index contributed by atoms with van der Waals surface area (Å²) in [5.74, 6) is 1.45. The minimum Gasteiger partial charge on any atom is -0.353 e. The lowest BCUT2D eigenvalue weighted by Gasteiger charge is -2.32. The van der Waals surface area contributed by atoms with Gasteiger partial charge >= 0.3 is 0 Å². The maximum absolute atomic E-state index is 11.8. The summed E-state index contributed by atoms with van der Waals surface area (Å²) in [5, 5.41) is 3.25. The van der Waals surface area contributed by atoms with Crippen molar-refractivity contribution in [1.29, 1.82) is 0 Å². The fourth-order valence-electron chi connectivity index (χ4n) is 2.75. The Balaban J connectivity index is 2.39. The molecule has 0 aromatic heterocycles. The third kappa shape index (κ3) is 4.54. The first-order chi connectivity index (χ1) is 7.63. The predicted molar refractivity (Wildman–Crippen MR) is 68.3 cm³/mol. The van der Waals surface area contributed by atoms with Crippen LogP contribution in [0.1, 0.15) is 65.7 Å². The summed E-state index contributed by atoms with van der Waals surface area (Å²) in [4.78, 5) is 11.8. The summed E-state index contributed by atoms with van der Waals surface area (Å²) >= 11 is 0. The van der Waals surface area contributed by atoms with Crippen molar-refractivity contribution in [2.75, 3.05) is 0 Å². The van der Waals surface area contributed by atoms with Crippen molar-refractivity contribution >= 4 is 5.91 Å². The van der Waals surface area contributed by atoms with Gasteiger partial charge in [-0.05, 0) is 31.1 Å². The molecule has 94 valence electrons. The third-order valence-electron chi connectivity index (χ3n) is 3.51. The zero-order valence-electron chi connectivity index (χ0n) is 11.1. The van der Waals surface area contributed by atoms with Crippen LogP contribution in [0.4, 0.5) is 0 Å². The average molecular weight is 225 g/mol. The van der Waals surface area contributed by atoms with E-state index in [4.69, 9.17) is 0 Å². The maximum Gasteiger partial charge on any atom is 0.220 e. The average Bonchev–Trinajstić information content (AvgIpc) is 2.20. The van der Waals surface area contributed by atoms with Gasteiger partial charge in [0.1, 0.15) is 0 Å². The molecule has 0 heterocycles. The van der Waals surface area contributed by atoms with Crippen LogP contribution in [0.2, 0.25) is 0 Å². The number of carbonyl (C=O) groups excluding carboxylic acids is 1. The van der Waals surface area contributed by atoms with Gasteiger partial charge in [0.25, 0.3) is 0 Å². The topological polar surface area (TPSA) is 29.1 Å². The third-order valence-corrected chi connectivity index (χ3v) is 3.51. The highest BCUT2D eigenvalue weighted by molar-refractivity contribution is 5.76. The standard InChI is InChI=1S/C14H27NO/c1-4-7-12-8-5-6-9-13(12)15-14(16)10-11(2)3/h11-13H,4-10H2,1-3H3,(H,15,16). The van der Waals surface area contributed by atoms with E-state index in [0.717, 1.165) is 5.92 Å². The second-order valence-electron chi connectivity index (χ2n) is 5.61. The Morgan fingerprint density at radius 2 is 2.00 bits per heavy atom. The molecule has 0 aromatic rings. The Morgan fingerprint density at radius 3 is 2.62 bits per heavy atom. The summed E-state index contributed by atoms with van der Waals surface area (Å²) in [6.07, 6.45) is 8.31. The van der Waals surface area contributed by atoms with Crippen LogP contribution in [-0.2, 0) is 4.79 Å². The molecule has 1 amide bonds. The minimum atomic E-state index is 0.253. The molecule has 0 radical (unpaired) electrons. The quantitative estimate of drug-likeness (QED) is 0.762. The molecule has 0 aromatic carbocycles. The van der Waals surface area contributed by atoms with Crippen LogP contribution in [-0.4, -0.2) is 11.9 Å². The van der Waals surface area contributed by atoms with E-state index in [1.807, 2.05) is 0 Å².